The predicted octanol–water partition coefficient (Wildman–Crippen LogP) is 1.32. The fraction of sp³-hybridized carbons (Fsp3) is 0.500. The molecule has 116 valence electrons. The SMILES string of the molecule is NS(=O)(=O)c1ccc(CNC(=O)NCC2CCCC2)cc1. The molecule has 6 nitrogen and oxygen atoms in total. The Bertz CT molecular complexity index is 578. The van der Waals surface area contributed by atoms with Crippen LogP contribution in [0.2, 0.25) is 0 Å². The maximum Gasteiger partial charge on any atom is 0.315 e. The van der Waals surface area contributed by atoms with Crippen LogP contribution in [0.25, 0.3) is 0 Å². The summed E-state index contributed by atoms with van der Waals surface area (Å²) in [6.45, 7) is 1.07. The van der Waals surface area contributed by atoms with Crippen molar-refractivity contribution in [2.75, 3.05) is 6.54 Å². The number of hydrogen-bond donors (Lipinski definition) is 3. The summed E-state index contributed by atoms with van der Waals surface area (Å²) >= 11 is 0. The summed E-state index contributed by atoms with van der Waals surface area (Å²) in [5.41, 5.74) is 0.818. The predicted molar refractivity (Wildman–Crippen MR) is 80.0 cm³/mol. The van der Waals surface area contributed by atoms with E-state index >= 15 is 0 Å². The molecule has 1 aliphatic rings. The highest BCUT2D eigenvalue weighted by Gasteiger charge is 2.15. The second-order valence-electron chi connectivity index (χ2n) is 5.40. The van der Waals surface area contributed by atoms with Gasteiger partial charge in [0, 0.05) is 13.1 Å². The first-order chi connectivity index (χ1) is 9.95. The molecule has 0 saturated heterocycles. The second kappa shape index (κ2) is 6.91. The van der Waals surface area contributed by atoms with Crippen LogP contribution in [0.15, 0.2) is 29.2 Å². The van der Waals surface area contributed by atoms with Crippen molar-refractivity contribution in [2.45, 2.75) is 37.1 Å². The largest absolute Gasteiger partial charge is 0.338 e. The Balaban J connectivity index is 1.75. The maximum atomic E-state index is 11.7. The molecule has 0 atom stereocenters. The van der Waals surface area contributed by atoms with Gasteiger partial charge in [-0.15, -0.1) is 0 Å². The molecule has 0 unspecified atom stereocenters. The van der Waals surface area contributed by atoms with Gasteiger partial charge in [0.05, 0.1) is 4.90 Å². The highest BCUT2D eigenvalue weighted by atomic mass is 32.2. The average Bonchev–Trinajstić information content (AvgIpc) is 2.95. The number of nitrogens with one attached hydrogen (secondary N) is 2. The van der Waals surface area contributed by atoms with Crippen LogP contribution < -0.4 is 15.8 Å². The smallest absolute Gasteiger partial charge is 0.315 e. The molecule has 2 amide bonds. The number of benzene rings is 1. The molecule has 1 saturated carbocycles. The molecule has 2 rings (SSSR count). The van der Waals surface area contributed by atoms with Gasteiger partial charge in [0.1, 0.15) is 0 Å². The molecule has 0 aromatic heterocycles. The zero-order valence-corrected chi connectivity index (χ0v) is 12.7. The van der Waals surface area contributed by atoms with Gasteiger partial charge in [0.25, 0.3) is 0 Å². The Morgan fingerprint density at radius 1 is 1.14 bits per heavy atom. The number of urea groups is 1. The van der Waals surface area contributed by atoms with Gasteiger partial charge in [0.15, 0.2) is 0 Å². The number of primary sulfonamides is 1. The summed E-state index contributed by atoms with van der Waals surface area (Å²) in [6, 6.07) is 5.94. The van der Waals surface area contributed by atoms with Crippen molar-refractivity contribution < 1.29 is 13.2 Å². The number of nitrogens with two attached hydrogens (primary N) is 1. The molecule has 1 aliphatic carbocycles. The van der Waals surface area contributed by atoms with Gasteiger partial charge in [-0.3, -0.25) is 0 Å². The Hall–Kier alpha value is -1.60. The van der Waals surface area contributed by atoms with Crippen molar-refractivity contribution in [1.29, 1.82) is 0 Å². The van der Waals surface area contributed by atoms with E-state index < -0.39 is 10.0 Å². The molecule has 0 spiro atoms. The number of sulfonamides is 1. The van der Waals surface area contributed by atoms with E-state index in [-0.39, 0.29) is 10.9 Å². The molecular formula is C14H21N3O3S. The van der Waals surface area contributed by atoms with Gasteiger partial charge in [-0.2, -0.15) is 0 Å². The normalized spacial score (nSPS) is 15.9. The lowest BCUT2D eigenvalue weighted by molar-refractivity contribution is 0.238. The average molecular weight is 311 g/mol. The van der Waals surface area contributed by atoms with Crippen molar-refractivity contribution in [3.05, 3.63) is 29.8 Å². The van der Waals surface area contributed by atoms with Crippen LogP contribution in [-0.2, 0) is 16.6 Å². The van der Waals surface area contributed by atoms with E-state index in [1.165, 1.54) is 37.8 Å². The molecule has 1 aromatic carbocycles. The van der Waals surface area contributed by atoms with E-state index in [4.69, 9.17) is 5.14 Å². The minimum absolute atomic E-state index is 0.0666. The lowest BCUT2D eigenvalue weighted by atomic mass is 10.1. The Labute approximate surface area is 125 Å². The fourth-order valence-electron chi connectivity index (χ4n) is 2.49. The highest BCUT2D eigenvalue weighted by Crippen LogP contribution is 2.23. The van der Waals surface area contributed by atoms with Gasteiger partial charge in [-0.1, -0.05) is 25.0 Å². The Morgan fingerprint density at radius 2 is 1.76 bits per heavy atom. The van der Waals surface area contributed by atoms with Gasteiger partial charge in [0.2, 0.25) is 10.0 Å². The first-order valence-electron chi connectivity index (χ1n) is 7.08. The third-order valence-corrected chi connectivity index (χ3v) is 4.66. The summed E-state index contributed by atoms with van der Waals surface area (Å²) in [5, 5.41) is 10.6. The summed E-state index contributed by atoms with van der Waals surface area (Å²) in [5.74, 6) is 0.602. The van der Waals surface area contributed by atoms with Crippen molar-refractivity contribution in [2.24, 2.45) is 11.1 Å². The number of carbonyl (C=O) groups is 1. The number of carbonyl (C=O) groups excluding carboxylic acids is 1. The van der Waals surface area contributed by atoms with Crippen molar-refractivity contribution in [1.82, 2.24) is 10.6 Å². The summed E-state index contributed by atoms with van der Waals surface area (Å²) in [4.78, 5) is 11.7. The van der Waals surface area contributed by atoms with Crippen LogP contribution in [0, 0.1) is 5.92 Å². The Kier molecular flexibility index (Phi) is 5.19. The molecule has 7 heteroatoms. The molecule has 1 fully saturated rings. The first kappa shape index (κ1) is 15.8. The van der Waals surface area contributed by atoms with E-state index in [1.807, 2.05) is 0 Å². The first-order valence-corrected chi connectivity index (χ1v) is 8.63. The zero-order chi connectivity index (χ0) is 15.3. The maximum absolute atomic E-state index is 11.7. The van der Waals surface area contributed by atoms with Crippen LogP contribution in [0.1, 0.15) is 31.2 Å². The van der Waals surface area contributed by atoms with E-state index in [2.05, 4.69) is 10.6 Å². The Morgan fingerprint density at radius 3 is 2.33 bits per heavy atom. The van der Waals surface area contributed by atoms with Gasteiger partial charge in [-0.25, -0.2) is 18.4 Å². The molecule has 0 heterocycles. The second-order valence-corrected chi connectivity index (χ2v) is 6.96. The minimum Gasteiger partial charge on any atom is -0.338 e. The molecule has 4 N–H and O–H groups in total. The number of hydrogen-bond acceptors (Lipinski definition) is 3. The summed E-state index contributed by atoms with van der Waals surface area (Å²) < 4.78 is 22.2. The standard InChI is InChI=1S/C14H21N3O3S/c15-21(19,20)13-7-5-12(6-8-13)10-17-14(18)16-9-11-3-1-2-4-11/h5-8,11H,1-4,9-10H2,(H2,15,19,20)(H2,16,17,18). The summed E-state index contributed by atoms with van der Waals surface area (Å²) in [6.07, 6.45) is 4.89. The molecule has 0 radical (unpaired) electrons. The molecule has 0 aliphatic heterocycles. The van der Waals surface area contributed by atoms with Crippen molar-refractivity contribution in [3.8, 4) is 0 Å². The van der Waals surface area contributed by atoms with E-state index in [0.717, 1.165) is 12.1 Å². The fourth-order valence-corrected chi connectivity index (χ4v) is 3.01. The van der Waals surface area contributed by atoms with Crippen LogP contribution >= 0.6 is 0 Å². The van der Waals surface area contributed by atoms with Gasteiger partial charge < -0.3 is 10.6 Å². The van der Waals surface area contributed by atoms with Crippen LogP contribution in [-0.4, -0.2) is 21.0 Å². The van der Waals surface area contributed by atoms with E-state index in [1.54, 1.807) is 12.1 Å². The van der Waals surface area contributed by atoms with Crippen LogP contribution in [0.5, 0.6) is 0 Å². The molecule has 21 heavy (non-hydrogen) atoms. The third-order valence-electron chi connectivity index (χ3n) is 3.73. The number of rotatable bonds is 5. The zero-order valence-electron chi connectivity index (χ0n) is 11.8. The molecular weight excluding hydrogens is 290 g/mol. The lowest BCUT2D eigenvalue weighted by Crippen LogP contribution is -2.37. The molecule has 0 bridgehead atoms. The lowest BCUT2D eigenvalue weighted by Gasteiger charge is -2.11. The topological polar surface area (TPSA) is 101 Å². The van der Waals surface area contributed by atoms with E-state index in [9.17, 15) is 13.2 Å². The number of amides is 2. The quantitative estimate of drug-likeness (QED) is 0.764. The minimum atomic E-state index is -3.67. The van der Waals surface area contributed by atoms with Crippen LogP contribution in [0.4, 0.5) is 4.79 Å². The van der Waals surface area contributed by atoms with Crippen molar-refractivity contribution >= 4 is 16.1 Å². The van der Waals surface area contributed by atoms with Gasteiger partial charge in [-0.05, 0) is 36.5 Å². The monoisotopic (exact) mass is 311 g/mol. The van der Waals surface area contributed by atoms with Gasteiger partial charge >= 0.3 is 6.03 Å². The van der Waals surface area contributed by atoms with E-state index in [0.29, 0.717) is 12.5 Å². The highest BCUT2D eigenvalue weighted by molar-refractivity contribution is 7.89. The summed E-state index contributed by atoms with van der Waals surface area (Å²) in [7, 11) is -3.67. The van der Waals surface area contributed by atoms with Crippen LogP contribution in [0.3, 0.4) is 0 Å². The molecule has 1 aromatic rings. The third kappa shape index (κ3) is 5.02. The van der Waals surface area contributed by atoms with Crippen molar-refractivity contribution in [3.63, 3.8) is 0 Å².